The first-order valence-corrected chi connectivity index (χ1v) is 13.7. The lowest BCUT2D eigenvalue weighted by Gasteiger charge is -2.17. The molecule has 0 spiro atoms. The number of halogens is 4. The molecule has 0 saturated carbocycles. The molecule has 216 valence electrons. The summed E-state index contributed by atoms with van der Waals surface area (Å²) in [7, 11) is -2.65. The number of anilines is 1. The number of hydrogen-bond acceptors (Lipinski definition) is 8. The number of nitrogens with zero attached hydrogens (tertiary/aromatic N) is 5. The molecule has 0 unspecified atom stereocenters. The van der Waals surface area contributed by atoms with Crippen LogP contribution in [-0.4, -0.2) is 70.6 Å². The third kappa shape index (κ3) is 5.52. The second-order valence-electron chi connectivity index (χ2n) is 9.28. The van der Waals surface area contributed by atoms with Crippen molar-refractivity contribution in [2.24, 2.45) is 0 Å². The highest BCUT2D eigenvalue weighted by molar-refractivity contribution is 7.88. The summed E-state index contributed by atoms with van der Waals surface area (Å²) >= 11 is 0. The van der Waals surface area contributed by atoms with Crippen LogP contribution in [0, 0.1) is 0 Å². The third-order valence-corrected chi connectivity index (χ3v) is 8.37. The summed E-state index contributed by atoms with van der Waals surface area (Å²) in [6, 6.07) is 9.21. The number of ether oxygens (including phenoxy) is 1. The molecule has 1 fully saturated rings. The normalized spacial score (nSPS) is 18.1. The zero-order chi connectivity index (χ0) is 29.5. The molecule has 2 atom stereocenters. The van der Waals surface area contributed by atoms with Gasteiger partial charge >= 0.3 is 6.18 Å². The number of nitrogen functional groups attached to an aromatic ring is 1. The van der Waals surface area contributed by atoms with Gasteiger partial charge in [-0.25, -0.2) is 27.3 Å². The summed E-state index contributed by atoms with van der Waals surface area (Å²) in [6.07, 6.45) is -4.33. The SMILES string of the molecule is COc1ncc(-c2cc(C(F)(F)F)c3c(N)ncnn23)cc1C(=O)N[C@@H]1CN(S(=O)(=O)Cc2ccccc2)C[C@@H]1F. The first-order chi connectivity index (χ1) is 19.4. The molecule has 3 N–H and O–H groups in total. The molecule has 11 nitrogen and oxygen atoms in total. The van der Waals surface area contributed by atoms with Crippen molar-refractivity contribution in [2.45, 2.75) is 24.1 Å². The van der Waals surface area contributed by atoms with Crippen molar-refractivity contribution in [2.75, 3.05) is 25.9 Å². The molecule has 1 aliphatic heterocycles. The van der Waals surface area contributed by atoms with Gasteiger partial charge in [0.25, 0.3) is 5.91 Å². The van der Waals surface area contributed by atoms with Gasteiger partial charge in [0.2, 0.25) is 15.9 Å². The number of carbonyl (C=O) groups is 1. The number of nitrogens with two attached hydrogens (primary N) is 1. The summed E-state index contributed by atoms with van der Waals surface area (Å²) in [5, 5.41) is 6.35. The fourth-order valence-corrected chi connectivity index (χ4v) is 6.18. The van der Waals surface area contributed by atoms with Crippen LogP contribution < -0.4 is 15.8 Å². The lowest BCUT2D eigenvalue weighted by Crippen LogP contribution is -2.42. The first-order valence-electron chi connectivity index (χ1n) is 12.1. The van der Waals surface area contributed by atoms with Crippen molar-refractivity contribution < 1.29 is 35.5 Å². The zero-order valence-electron chi connectivity index (χ0n) is 21.3. The van der Waals surface area contributed by atoms with Gasteiger partial charge in [0, 0.05) is 24.8 Å². The van der Waals surface area contributed by atoms with E-state index in [1.54, 1.807) is 30.3 Å². The van der Waals surface area contributed by atoms with Gasteiger partial charge in [-0.3, -0.25) is 4.79 Å². The number of carbonyl (C=O) groups excluding carboxylic acids is 1. The van der Waals surface area contributed by atoms with E-state index in [1.165, 1.54) is 19.4 Å². The number of rotatable bonds is 7. The van der Waals surface area contributed by atoms with E-state index in [-0.39, 0.29) is 35.0 Å². The summed E-state index contributed by atoms with van der Waals surface area (Å²) in [5.74, 6) is -1.78. The molecule has 0 bridgehead atoms. The maximum absolute atomic E-state index is 14.9. The molecule has 4 heterocycles. The highest BCUT2D eigenvalue weighted by Gasteiger charge is 2.40. The Kier molecular flexibility index (Phi) is 7.29. The predicted molar refractivity (Wildman–Crippen MR) is 139 cm³/mol. The zero-order valence-corrected chi connectivity index (χ0v) is 22.2. The molecular formula is C25H23F4N7O4S. The Balaban J connectivity index is 1.42. The van der Waals surface area contributed by atoms with Crippen molar-refractivity contribution in [3.8, 4) is 17.1 Å². The Hall–Kier alpha value is -4.31. The van der Waals surface area contributed by atoms with Crippen LogP contribution in [0.5, 0.6) is 5.88 Å². The highest BCUT2D eigenvalue weighted by Crippen LogP contribution is 2.39. The maximum Gasteiger partial charge on any atom is 0.418 e. The van der Waals surface area contributed by atoms with E-state index in [0.717, 1.165) is 21.2 Å². The van der Waals surface area contributed by atoms with Crippen molar-refractivity contribution >= 4 is 27.3 Å². The Bertz CT molecular complexity index is 1710. The van der Waals surface area contributed by atoms with Crippen LogP contribution in [0.15, 0.2) is 55.0 Å². The van der Waals surface area contributed by atoms with Gasteiger partial charge in [0.1, 0.15) is 23.6 Å². The van der Waals surface area contributed by atoms with Crippen molar-refractivity contribution in [1.29, 1.82) is 0 Å². The van der Waals surface area contributed by atoms with Gasteiger partial charge in [0.05, 0.1) is 30.2 Å². The number of alkyl halides is 4. The van der Waals surface area contributed by atoms with Gasteiger partial charge in [-0.2, -0.15) is 22.6 Å². The lowest BCUT2D eigenvalue weighted by atomic mass is 10.1. The number of amides is 1. The Morgan fingerprint density at radius 3 is 2.59 bits per heavy atom. The Morgan fingerprint density at radius 1 is 1.17 bits per heavy atom. The van der Waals surface area contributed by atoms with Crippen LogP contribution in [0.3, 0.4) is 0 Å². The van der Waals surface area contributed by atoms with E-state index in [4.69, 9.17) is 10.5 Å². The molecule has 1 amide bonds. The molecular weight excluding hydrogens is 570 g/mol. The average Bonchev–Trinajstić information content (AvgIpc) is 3.51. The monoisotopic (exact) mass is 593 g/mol. The van der Waals surface area contributed by atoms with Crippen LogP contribution in [0.4, 0.5) is 23.4 Å². The summed E-state index contributed by atoms with van der Waals surface area (Å²) in [6.45, 7) is -0.765. The standard InChI is InChI=1S/C25H23F4N7O4S/c1-40-24-16(7-15(9-31-24)20-8-17(25(27,28)29)21-22(30)32-13-33-36(20)21)23(37)34-19-11-35(10-18(19)26)41(38,39)12-14-5-3-2-4-6-14/h2-9,13,18-19H,10-12H2,1H3,(H,34,37)(H2,30,32,33)/t18-,19+/m0/s1. The topological polar surface area (TPSA) is 145 Å². The van der Waals surface area contributed by atoms with Crippen LogP contribution in [0.1, 0.15) is 21.5 Å². The number of methoxy groups -OCH3 is 1. The second kappa shape index (κ2) is 10.6. The quantitative estimate of drug-likeness (QED) is 0.311. The maximum atomic E-state index is 14.9. The van der Waals surface area contributed by atoms with E-state index in [9.17, 15) is 30.8 Å². The first kappa shape index (κ1) is 28.2. The third-order valence-electron chi connectivity index (χ3n) is 6.59. The van der Waals surface area contributed by atoms with Gasteiger partial charge in [0.15, 0.2) is 5.82 Å². The van der Waals surface area contributed by atoms with Crippen LogP contribution in [0.2, 0.25) is 0 Å². The van der Waals surface area contributed by atoms with E-state index in [1.807, 2.05) is 0 Å². The van der Waals surface area contributed by atoms with Gasteiger partial charge in [-0.1, -0.05) is 30.3 Å². The van der Waals surface area contributed by atoms with Gasteiger partial charge < -0.3 is 15.8 Å². The van der Waals surface area contributed by atoms with Gasteiger partial charge in [-0.05, 0) is 17.7 Å². The number of fused-ring (bicyclic) bond motifs is 1. The molecule has 1 aliphatic rings. The minimum absolute atomic E-state index is 0.0508. The molecule has 1 saturated heterocycles. The fourth-order valence-electron chi connectivity index (χ4n) is 4.62. The molecule has 1 aromatic carbocycles. The van der Waals surface area contributed by atoms with E-state index in [0.29, 0.717) is 5.56 Å². The molecule has 41 heavy (non-hydrogen) atoms. The molecule has 0 radical (unpaired) electrons. The second-order valence-corrected chi connectivity index (χ2v) is 11.3. The molecule has 3 aromatic heterocycles. The van der Waals surface area contributed by atoms with E-state index >= 15 is 0 Å². The number of hydrogen-bond donors (Lipinski definition) is 2. The molecule has 0 aliphatic carbocycles. The van der Waals surface area contributed by atoms with Crippen LogP contribution >= 0.6 is 0 Å². The predicted octanol–water partition coefficient (Wildman–Crippen LogP) is 2.68. The van der Waals surface area contributed by atoms with Crippen molar-refractivity contribution in [3.05, 3.63) is 71.7 Å². The summed E-state index contributed by atoms with van der Waals surface area (Å²) < 4.78 is 89.0. The van der Waals surface area contributed by atoms with Crippen LogP contribution in [-0.2, 0) is 22.0 Å². The number of sulfonamides is 1. The lowest BCUT2D eigenvalue weighted by molar-refractivity contribution is -0.136. The molecule has 5 rings (SSSR count). The Labute approximate surface area is 231 Å². The minimum atomic E-state index is -4.78. The summed E-state index contributed by atoms with van der Waals surface area (Å²) in [5.41, 5.74) is 4.42. The molecule has 4 aromatic rings. The minimum Gasteiger partial charge on any atom is -0.480 e. The van der Waals surface area contributed by atoms with E-state index < -0.39 is 57.8 Å². The average molecular weight is 594 g/mol. The number of pyridine rings is 1. The summed E-state index contributed by atoms with van der Waals surface area (Å²) in [4.78, 5) is 20.9. The van der Waals surface area contributed by atoms with Crippen LogP contribution in [0.25, 0.3) is 16.8 Å². The van der Waals surface area contributed by atoms with Crippen molar-refractivity contribution in [1.82, 2.24) is 29.2 Å². The molecule has 16 heteroatoms. The van der Waals surface area contributed by atoms with Crippen molar-refractivity contribution in [3.63, 3.8) is 0 Å². The largest absolute Gasteiger partial charge is 0.480 e. The van der Waals surface area contributed by atoms with E-state index in [2.05, 4.69) is 20.4 Å². The highest BCUT2D eigenvalue weighted by atomic mass is 32.2. The number of nitrogens with one attached hydrogen (secondary N) is 1. The smallest absolute Gasteiger partial charge is 0.418 e. The number of aromatic nitrogens is 4. The number of benzene rings is 1. The fraction of sp³-hybridized carbons (Fsp3) is 0.280. The van der Waals surface area contributed by atoms with Gasteiger partial charge in [-0.15, -0.1) is 0 Å². The Morgan fingerprint density at radius 2 is 1.90 bits per heavy atom.